The van der Waals surface area contributed by atoms with Crippen molar-refractivity contribution in [3.8, 4) is 5.75 Å². The number of aliphatic hydroxyl groups is 1. The van der Waals surface area contributed by atoms with Crippen LogP contribution in [0.25, 0.3) is 0 Å². The van der Waals surface area contributed by atoms with Crippen molar-refractivity contribution in [3.05, 3.63) is 48.9 Å². The van der Waals surface area contributed by atoms with E-state index in [1.54, 1.807) is 18.2 Å². The molecule has 0 aliphatic heterocycles. The summed E-state index contributed by atoms with van der Waals surface area (Å²) in [6, 6.07) is 7.04. The van der Waals surface area contributed by atoms with E-state index in [1.165, 1.54) is 0 Å². The summed E-state index contributed by atoms with van der Waals surface area (Å²) in [5.41, 5.74) is 0.581. The van der Waals surface area contributed by atoms with Crippen LogP contribution in [0.15, 0.2) is 36.4 Å². The number of hydrogen-bond donors (Lipinski definition) is 1. The third-order valence-electron chi connectivity index (χ3n) is 4.36. The number of halogens is 1. The van der Waals surface area contributed by atoms with Gasteiger partial charge in [0, 0.05) is 49.6 Å². The summed E-state index contributed by atoms with van der Waals surface area (Å²) in [6.07, 6.45) is 7.87. The maximum Gasteiger partial charge on any atom is 0.150 e. The minimum absolute atomic E-state index is 0. The van der Waals surface area contributed by atoms with Crippen LogP contribution in [0.3, 0.4) is 0 Å². The topological polar surface area (TPSA) is 46.5 Å². The van der Waals surface area contributed by atoms with Gasteiger partial charge in [-0.05, 0) is 30.9 Å². The molecule has 3 nitrogen and oxygen atoms in total. The molecule has 4 atom stereocenters. The number of aliphatic hydroxyl groups excluding tert-OH is 1. The number of carbonyl (C=O) groups is 1. The van der Waals surface area contributed by atoms with Gasteiger partial charge in [0.05, 0.1) is 12.7 Å². The second-order valence-corrected chi connectivity index (χ2v) is 6.56. The summed E-state index contributed by atoms with van der Waals surface area (Å²) in [4.78, 5) is 10.8. The third kappa shape index (κ3) is 6.26. The molecule has 1 saturated carbocycles. The molecule has 1 radical (unpaired) electrons. The molecule has 129 valence electrons. The third-order valence-corrected chi connectivity index (χ3v) is 4.86. The van der Waals surface area contributed by atoms with Crippen molar-refractivity contribution >= 4 is 17.9 Å². The quantitative estimate of drug-likeness (QED) is 0.296. The van der Waals surface area contributed by atoms with E-state index in [9.17, 15) is 9.90 Å². The predicted octanol–water partition coefficient (Wildman–Crippen LogP) is 4.04. The molecule has 1 fully saturated rings. The average Bonchev–Trinajstić information content (AvgIpc) is 2.83. The summed E-state index contributed by atoms with van der Waals surface area (Å²) in [7, 11) is 0. The molecular formula is C19H24ClO3Y-. The summed E-state index contributed by atoms with van der Waals surface area (Å²) in [5, 5.41) is 10.2. The normalized spacial score (nSPS) is 26.3. The van der Waals surface area contributed by atoms with Crippen LogP contribution in [0.4, 0.5) is 0 Å². The second kappa shape index (κ2) is 11.4. The zero-order valence-corrected chi connectivity index (χ0v) is 17.4. The van der Waals surface area contributed by atoms with Gasteiger partial charge in [-0.25, -0.2) is 0 Å². The van der Waals surface area contributed by atoms with Gasteiger partial charge >= 0.3 is 0 Å². The molecule has 5 heteroatoms. The van der Waals surface area contributed by atoms with Crippen LogP contribution < -0.4 is 4.74 Å². The first-order valence-electron chi connectivity index (χ1n) is 8.10. The van der Waals surface area contributed by atoms with Gasteiger partial charge in [-0.3, -0.25) is 4.79 Å². The van der Waals surface area contributed by atoms with E-state index in [2.05, 4.69) is 19.1 Å². The van der Waals surface area contributed by atoms with Crippen molar-refractivity contribution in [2.75, 3.05) is 6.61 Å². The summed E-state index contributed by atoms with van der Waals surface area (Å²) < 4.78 is 5.80. The first-order valence-corrected chi connectivity index (χ1v) is 8.53. The molecule has 1 aliphatic carbocycles. The summed E-state index contributed by atoms with van der Waals surface area (Å²) in [6.45, 7) is 4.22. The molecule has 0 spiro atoms. The summed E-state index contributed by atoms with van der Waals surface area (Å²) in [5.74, 6) is 0.843. The number of allylic oxidation sites excluding steroid dienone is 2. The Balaban J connectivity index is 0.00000288. The molecule has 0 amide bonds. The van der Waals surface area contributed by atoms with Crippen LogP contribution in [0, 0.1) is 18.8 Å². The maximum atomic E-state index is 10.8. The van der Waals surface area contributed by atoms with E-state index in [0.29, 0.717) is 24.3 Å². The van der Waals surface area contributed by atoms with Crippen LogP contribution in [-0.4, -0.2) is 29.5 Å². The number of ether oxygens (including phenoxy) is 1. The molecule has 0 unspecified atom stereocenters. The first-order chi connectivity index (χ1) is 11.2. The molecule has 0 heterocycles. The standard InChI is InChI=1S/C19H24ClO3.Y/c1-2-3-4-5-9-16-17(19(22)11-18(16)20)13-23-15-8-6-7-14(10-15)12-21;/h4-8,10,12,16-19,22H,1-3,9,11,13H2;/q-1;/b5-4-;/t16-,17-,18-,19-;/m1./s1. The van der Waals surface area contributed by atoms with Crippen molar-refractivity contribution < 1.29 is 47.3 Å². The number of rotatable bonds is 8. The molecule has 0 aromatic heterocycles. The maximum absolute atomic E-state index is 10.8. The van der Waals surface area contributed by atoms with Crippen LogP contribution in [0.5, 0.6) is 5.75 Å². The van der Waals surface area contributed by atoms with Crippen LogP contribution in [-0.2, 0) is 32.7 Å². The van der Waals surface area contributed by atoms with Gasteiger partial charge in [-0.1, -0.05) is 30.7 Å². The molecule has 1 aliphatic rings. The van der Waals surface area contributed by atoms with Crippen molar-refractivity contribution in [2.24, 2.45) is 11.8 Å². The van der Waals surface area contributed by atoms with Crippen molar-refractivity contribution in [2.45, 2.75) is 37.2 Å². The Kier molecular flexibility index (Phi) is 10.4. The van der Waals surface area contributed by atoms with E-state index in [4.69, 9.17) is 16.3 Å². The number of alkyl halides is 1. The number of unbranched alkanes of at least 4 members (excludes halogenated alkanes) is 1. The Morgan fingerprint density at radius 3 is 2.83 bits per heavy atom. The average molecular weight is 425 g/mol. The molecule has 2 rings (SSSR count). The van der Waals surface area contributed by atoms with Crippen molar-refractivity contribution in [1.82, 2.24) is 0 Å². The predicted molar refractivity (Wildman–Crippen MR) is 92.9 cm³/mol. The van der Waals surface area contributed by atoms with Gasteiger partial charge in [-0.15, -0.1) is 11.6 Å². The minimum atomic E-state index is -0.446. The van der Waals surface area contributed by atoms with E-state index >= 15 is 0 Å². The number of carbonyl (C=O) groups excluding carboxylic acids is 1. The van der Waals surface area contributed by atoms with Gasteiger partial charge in [0.25, 0.3) is 0 Å². The van der Waals surface area contributed by atoms with E-state index in [0.717, 1.165) is 25.5 Å². The fraction of sp³-hybridized carbons (Fsp3) is 0.474. The number of hydrogen-bond acceptors (Lipinski definition) is 3. The SMILES string of the molecule is [CH2-]CC/C=C\C[C@@H]1[C@@H](COc2cccc(C=O)c2)[C@H](O)C[C@H]1Cl.[Y]. The first kappa shape index (κ1) is 21.8. The fourth-order valence-electron chi connectivity index (χ4n) is 3.05. The van der Waals surface area contributed by atoms with Gasteiger partial charge in [0.2, 0.25) is 0 Å². The van der Waals surface area contributed by atoms with E-state index in [-0.39, 0.29) is 49.9 Å². The molecular weight excluding hydrogens is 401 g/mol. The van der Waals surface area contributed by atoms with Crippen molar-refractivity contribution in [1.29, 1.82) is 0 Å². The van der Waals surface area contributed by atoms with Crippen LogP contribution in [0.2, 0.25) is 0 Å². The van der Waals surface area contributed by atoms with E-state index in [1.807, 2.05) is 6.07 Å². The zero-order valence-electron chi connectivity index (χ0n) is 13.8. The molecule has 0 saturated heterocycles. The molecule has 24 heavy (non-hydrogen) atoms. The summed E-state index contributed by atoms with van der Waals surface area (Å²) >= 11 is 6.40. The number of aldehydes is 1. The molecule has 0 bridgehead atoms. The second-order valence-electron chi connectivity index (χ2n) is 6.00. The van der Waals surface area contributed by atoms with Crippen LogP contribution >= 0.6 is 11.6 Å². The Morgan fingerprint density at radius 1 is 1.33 bits per heavy atom. The molecule has 1 aromatic carbocycles. The largest absolute Gasteiger partial charge is 0.493 e. The number of benzene rings is 1. The Labute approximate surface area is 174 Å². The van der Waals surface area contributed by atoms with Crippen LogP contribution in [0.1, 0.15) is 36.0 Å². The van der Waals surface area contributed by atoms with E-state index < -0.39 is 6.10 Å². The smallest absolute Gasteiger partial charge is 0.150 e. The Hall–Kier alpha value is -0.216. The van der Waals surface area contributed by atoms with Gasteiger partial charge < -0.3 is 16.8 Å². The minimum Gasteiger partial charge on any atom is -0.493 e. The Morgan fingerprint density at radius 2 is 2.12 bits per heavy atom. The Bertz CT molecular complexity index is 535. The van der Waals surface area contributed by atoms with Gasteiger partial charge in [0.1, 0.15) is 12.0 Å². The zero-order chi connectivity index (χ0) is 16.7. The monoisotopic (exact) mass is 424 g/mol. The van der Waals surface area contributed by atoms with Crippen molar-refractivity contribution in [3.63, 3.8) is 0 Å². The molecule has 1 N–H and O–H groups in total. The molecule has 1 aromatic rings. The van der Waals surface area contributed by atoms with Gasteiger partial charge in [0.15, 0.2) is 0 Å². The van der Waals surface area contributed by atoms with Gasteiger partial charge in [-0.2, -0.15) is 6.42 Å². The fourth-order valence-corrected chi connectivity index (χ4v) is 3.52.